The number of hydrogen-bond acceptors (Lipinski definition) is 16. The Balaban J connectivity index is 0.000000162. The molecule has 0 aliphatic carbocycles. The van der Waals surface area contributed by atoms with Gasteiger partial charge in [0, 0.05) is 175 Å². The maximum Gasteiger partial charge on any atom is 0.408 e. The molecule has 9 heterocycles. The van der Waals surface area contributed by atoms with E-state index in [1.54, 1.807) is 115 Å². The molecule has 2 aliphatic heterocycles. The SMILES string of the molecule is CC(=O)NC(Cc1c[nH]c2cc(Cl)c(F)cc12)C(=O)O.CC(=O)N[C@H](Cc1c[nH]c2cc(Cl)c(F)cc12)C(=O)O.CC(C)(C)OC(=O)N[C@@H](COS(C)(=O)=O)Cc1c[nH]c2cc(Cl)c(F)cc12.COC(=O)[C@@H](Cc1c[nH]c2cc(Cl)c(F)cc12)NC(=O)OC(C)(C)C.C[C@H](N)Cc1c[nH]c2cc(Cl)c(F)cc12.C[C@H]1Cc2c([nH]c3cc(Cl)c(F)cc23)[C@@]2(N1)C(=O)Nc1ccc(Cl)cc12.Fc1cc2cc[nH]c2cc1Cl. The van der Waals surface area contributed by atoms with Gasteiger partial charge in [0.05, 0.1) is 66.9 Å². The fraction of sp³-hybridized carbons (Fsp3) is 0.286. The lowest BCUT2D eigenvalue weighted by Gasteiger charge is -2.37. The number of carboxylic acids is 2. The summed E-state index contributed by atoms with van der Waals surface area (Å²) >= 11 is 46.3. The summed E-state index contributed by atoms with van der Waals surface area (Å²) in [6.45, 7) is 16.4. The van der Waals surface area contributed by atoms with Crippen LogP contribution in [0.25, 0.3) is 76.3 Å². The molecule has 30 nitrogen and oxygen atoms in total. The number of benzene rings is 8. The number of esters is 1. The number of aromatic nitrogens is 7. The molecule has 2 aliphatic rings. The quantitative estimate of drug-likeness (QED) is 0.0146. The lowest BCUT2D eigenvalue weighted by molar-refractivity contribution is -0.143. The van der Waals surface area contributed by atoms with E-state index in [9.17, 15) is 77.5 Å². The van der Waals surface area contributed by atoms with Gasteiger partial charge in [0.2, 0.25) is 11.8 Å². The Morgan fingerprint density at radius 1 is 0.486 bits per heavy atom. The Morgan fingerprint density at radius 3 is 1.22 bits per heavy atom. The molecule has 1 spiro atoms. The Hall–Kier alpha value is -12.4. The van der Waals surface area contributed by atoms with Crippen LogP contribution < -0.4 is 37.6 Å². The van der Waals surface area contributed by atoms with Crippen molar-refractivity contribution in [1.29, 1.82) is 0 Å². The molecule has 17 rings (SSSR count). The van der Waals surface area contributed by atoms with E-state index in [2.05, 4.69) is 66.8 Å². The van der Waals surface area contributed by atoms with Gasteiger partial charge < -0.3 is 91.6 Å². The maximum atomic E-state index is 14.1. The van der Waals surface area contributed by atoms with E-state index in [0.717, 1.165) is 62.2 Å². The lowest BCUT2D eigenvalue weighted by atomic mass is 9.80. The van der Waals surface area contributed by atoms with Gasteiger partial charge in [-0.2, -0.15) is 8.42 Å². The summed E-state index contributed by atoms with van der Waals surface area (Å²) in [4.78, 5) is 114. The number of methoxy groups -OCH3 is 1. The van der Waals surface area contributed by atoms with Crippen molar-refractivity contribution < 1.29 is 106 Å². The molecule has 0 saturated heterocycles. The van der Waals surface area contributed by atoms with Gasteiger partial charge in [-0.05, 0) is 217 Å². The van der Waals surface area contributed by atoms with Gasteiger partial charge >= 0.3 is 30.1 Å². The number of aromatic amines is 7. The predicted molar refractivity (Wildman–Crippen MR) is 542 cm³/mol. The molecule has 7 atom stereocenters. The van der Waals surface area contributed by atoms with Crippen molar-refractivity contribution in [2.45, 2.75) is 161 Å². The number of fused-ring (bicyclic) bond motifs is 12. The van der Waals surface area contributed by atoms with Crippen LogP contribution in [-0.4, -0.2) is 169 Å². The Morgan fingerprint density at radius 2 is 0.847 bits per heavy atom. The smallest absolute Gasteiger partial charge is 0.408 e. The molecule has 15 aromatic rings. The number of aliphatic carboxylic acids is 2. The van der Waals surface area contributed by atoms with E-state index in [4.69, 9.17) is 127 Å². The van der Waals surface area contributed by atoms with E-state index >= 15 is 0 Å². The Labute approximate surface area is 858 Å². The molecular formula is C98H97Cl8F7N14O16S. The molecule has 7 aromatic heterocycles. The van der Waals surface area contributed by atoms with Gasteiger partial charge in [0.25, 0.3) is 16.0 Å². The molecule has 766 valence electrons. The zero-order chi connectivity index (χ0) is 106. The number of rotatable bonds is 20. The third-order valence-corrected chi connectivity index (χ3v) is 24.7. The molecule has 144 heavy (non-hydrogen) atoms. The highest BCUT2D eigenvalue weighted by Crippen LogP contribution is 2.48. The molecule has 8 aromatic carbocycles. The maximum absolute atomic E-state index is 14.1. The highest BCUT2D eigenvalue weighted by molar-refractivity contribution is 7.86. The lowest BCUT2D eigenvalue weighted by Crippen LogP contribution is -2.56. The first kappa shape index (κ1) is 112. The van der Waals surface area contributed by atoms with E-state index in [-0.39, 0.29) is 91.3 Å². The zero-order valence-corrected chi connectivity index (χ0v) is 85.4. The highest BCUT2D eigenvalue weighted by atomic mass is 35.5. The number of carbonyl (C=O) groups excluding carboxylic acids is 6. The number of alkyl carbamates (subject to hydrolysis) is 2. The Kier molecular flexibility index (Phi) is 36.7. The topological polar surface area (TPSA) is 457 Å². The largest absolute Gasteiger partial charge is 0.480 e. The number of hydrogen-bond donors (Lipinski definition) is 16. The minimum atomic E-state index is -3.70. The number of nitrogens with one attached hydrogen (secondary N) is 13. The molecule has 0 radical (unpaired) electrons. The average Bonchev–Trinajstić information content (AvgIpc) is 1.54. The van der Waals surface area contributed by atoms with Crippen LogP contribution in [0.1, 0.15) is 114 Å². The first-order chi connectivity index (χ1) is 67.4. The van der Waals surface area contributed by atoms with Crippen molar-refractivity contribution in [3.8, 4) is 0 Å². The van der Waals surface area contributed by atoms with E-state index in [0.29, 0.717) is 88.5 Å². The fourth-order valence-electron chi connectivity index (χ4n) is 15.8. The van der Waals surface area contributed by atoms with Crippen LogP contribution >= 0.6 is 92.8 Å². The van der Waals surface area contributed by atoms with Crippen molar-refractivity contribution in [1.82, 2.24) is 61.5 Å². The number of nitrogens with two attached hydrogens (primary N) is 1. The first-order valence-corrected chi connectivity index (χ1v) is 48.5. The van der Waals surface area contributed by atoms with Gasteiger partial charge in [0.15, 0.2) is 5.54 Å². The van der Waals surface area contributed by atoms with Gasteiger partial charge in [-0.25, -0.2) is 54.7 Å². The summed E-state index contributed by atoms with van der Waals surface area (Å²) in [6.07, 6.45) is 11.3. The summed E-state index contributed by atoms with van der Waals surface area (Å²) in [5.74, 6) is -7.52. The number of anilines is 1. The van der Waals surface area contributed by atoms with Crippen LogP contribution in [0.2, 0.25) is 40.2 Å². The van der Waals surface area contributed by atoms with Crippen LogP contribution in [-0.2, 0) is 101 Å². The normalized spacial score (nSPS) is 14.7. The highest BCUT2D eigenvalue weighted by Gasteiger charge is 2.54. The molecule has 1 unspecified atom stereocenters. The molecule has 46 heteroatoms. The Bertz CT molecular complexity index is 7350. The molecule has 0 fully saturated rings. The summed E-state index contributed by atoms with van der Waals surface area (Å²) in [6, 6.07) is 23.3. The number of amides is 5. The van der Waals surface area contributed by atoms with E-state index < -0.39 is 128 Å². The van der Waals surface area contributed by atoms with Crippen LogP contribution in [0.5, 0.6) is 0 Å². The number of halogens is 15. The van der Waals surface area contributed by atoms with Crippen molar-refractivity contribution in [3.63, 3.8) is 0 Å². The van der Waals surface area contributed by atoms with Crippen molar-refractivity contribution in [2.75, 3.05) is 25.3 Å². The molecular weight excluding hydrogens is 2080 g/mol. The minimum absolute atomic E-state index is 0.00250. The van der Waals surface area contributed by atoms with Gasteiger partial charge in [-0.1, -0.05) is 92.8 Å². The van der Waals surface area contributed by atoms with Crippen molar-refractivity contribution >= 4 is 233 Å². The third-order valence-electron chi connectivity index (χ3n) is 21.9. The summed E-state index contributed by atoms with van der Waals surface area (Å²) < 4.78 is 137. The number of carbonyl (C=O) groups is 8. The number of H-pyrrole nitrogens is 7. The van der Waals surface area contributed by atoms with E-state index in [1.165, 1.54) is 87.7 Å². The number of ether oxygens (including phenoxy) is 3. The van der Waals surface area contributed by atoms with Crippen LogP contribution in [0.4, 0.5) is 46.0 Å². The minimum Gasteiger partial charge on any atom is -0.480 e. The van der Waals surface area contributed by atoms with E-state index in [1.807, 2.05) is 20.0 Å². The molecule has 17 N–H and O–H groups in total. The standard InChI is InChI=1S/C19H14Cl2FN3O.C17H22ClFN2O5S.C17H20ClFN2O4.2C13H12ClFN2O3.C11H12ClFN2.C8H5ClFN/c1-8-4-11-10-6-14(22)13(21)7-16(10)23-17(11)19(25-8)12-5-9(20)2-3-15(12)24-18(19)26;1-17(2,3)26-16(22)21-11(9-25-27(4,23)24)5-10-8-20-15-7-13(18)14(19)6-12(10)15;1-17(2,3)25-16(23)21-14(15(22)24-4)5-9-8-20-13-7-11(18)12(19)6-10(9)13;2*1-6(18)17-12(13(19)20)2-7-5-16-11-4-9(14)10(15)3-8(7)11;1-6(14)2-7-5-15-11-4-9(12)10(13)3-8(7)11;9-6-4-8-5(1-2-11-8)3-7(6)10/h2-3,5-8,23,25H,4H2,1H3,(H,24,26);6-8,11,20H,5,9H2,1-4H3,(H,21,22);6-8,14,20H,5H2,1-4H3,(H,21,23);2*3-5,12,16H,2H2,1H3,(H,17,18)(H,19,20);3-6,15H,2,14H2,1H3;1-4,11H/t8-,19+;11-;14-;12-;;6-;/m0111.0./s1. The number of carboxylic acid groups (broad SMARTS) is 2. The van der Waals surface area contributed by atoms with Crippen LogP contribution in [0, 0.1) is 40.7 Å². The fourth-order valence-corrected chi connectivity index (χ4v) is 17.5. The van der Waals surface area contributed by atoms with Gasteiger partial charge in [0.1, 0.15) is 70.0 Å². The second-order valence-corrected chi connectivity index (χ2v) is 40.6. The van der Waals surface area contributed by atoms with Gasteiger partial charge in [-0.15, -0.1) is 0 Å². The third kappa shape index (κ3) is 28.8. The van der Waals surface area contributed by atoms with Gasteiger partial charge in [-0.3, -0.25) is 23.9 Å². The summed E-state index contributed by atoms with van der Waals surface area (Å²) in [5.41, 5.74) is 14.7. The van der Waals surface area contributed by atoms with Crippen LogP contribution in [0.15, 0.2) is 146 Å². The molecule has 0 bridgehead atoms. The summed E-state index contributed by atoms with van der Waals surface area (Å²) in [7, 11) is -2.48. The predicted octanol–water partition coefficient (Wildman–Crippen LogP) is 21.3. The second-order valence-electron chi connectivity index (χ2n) is 35.6. The second kappa shape index (κ2) is 47.2. The average molecular weight is 2180 g/mol. The monoisotopic (exact) mass is 2170 g/mol. The summed E-state index contributed by atoms with van der Waals surface area (Å²) in [5, 5.41) is 39.8. The zero-order valence-electron chi connectivity index (χ0n) is 78.5. The first-order valence-electron chi connectivity index (χ1n) is 43.7. The molecule has 5 amide bonds. The van der Waals surface area contributed by atoms with Crippen LogP contribution in [0.3, 0.4) is 0 Å². The van der Waals surface area contributed by atoms with Crippen molar-refractivity contribution in [2.24, 2.45) is 5.73 Å². The van der Waals surface area contributed by atoms with Crippen molar-refractivity contribution in [3.05, 3.63) is 272 Å². The molecule has 0 saturated carbocycles.